The largest absolute Gasteiger partial charge is 0.487 e. The number of fused-ring (bicyclic) bond motifs is 1. The van der Waals surface area contributed by atoms with Gasteiger partial charge in [-0.3, -0.25) is 9.78 Å². The molecule has 0 aliphatic carbocycles. The van der Waals surface area contributed by atoms with E-state index >= 15 is 0 Å². The third-order valence-corrected chi connectivity index (χ3v) is 5.25. The van der Waals surface area contributed by atoms with Crippen LogP contribution in [0.2, 0.25) is 0 Å². The number of nitrogens with two attached hydrogens (primary N) is 1. The fourth-order valence-electron chi connectivity index (χ4n) is 3.53. The van der Waals surface area contributed by atoms with Gasteiger partial charge in [0, 0.05) is 23.1 Å². The number of carbonyl (C=O) groups excluding carboxylic acids is 1. The van der Waals surface area contributed by atoms with Gasteiger partial charge in [0.05, 0.1) is 18.2 Å². The van der Waals surface area contributed by atoms with E-state index in [0.29, 0.717) is 12.4 Å². The average molecular weight is 432 g/mol. The molecule has 0 saturated carbocycles. The van der Waals surface area contributed by atoms with Crippen molar-refractivity contribution in [3.05, 3.63) is 76.9 Å². The van der Waals surface area contributed by atoms with E-state index in [-0.39, 0.29) is 24.3 Å². The first-order valence-electron chi connectivity index (χ1n) is 10.3. The zero-order chi connectivity index (χ0) is 22.7. The molecule has 4 rings (SSSR count). The van der Waals surface area contributed by atoms with Crippen molar-refractivity contribution >= 4 is 17.6 Å². The van der Waals surface area contributed by atoms with E-state index < -0.39 is 0 Å². The molecule has 0 fully saturated rings. The molecule has 1 unspecified atom stereocenters. The van der Waals surface area contributed by atoms with Crippen molar-refractivity contribution in [3.63, 3.8) is 0 Å². The standard InChI is InChI=1S/C23H25N7O2/c1-14(17-7-6-9-19(11-17)32-13-18-8-4-5-10-25-18)26-21(31)12-20-15(2)27-23-28-22(24)29-30(23)16(20)3/h4-11,14H,12-13H2,1-3H3,(H2,24,29)(H,26,31). The van der Waals surface area contributed by atoms with Crippen molar-refractivity contribution in [2.24, 2.45) is 0 Å². The summed E-state index contributed by atoms with van der Waals surface area (Å²) in [5.41, 5.74) is 9.81. The summed E-state index contributed by atoms with van der Waals surface area (Å²) in [5.74, 6) is 1.19. The number of aromatic nitrogens is 5. The maximum atomic E-state index is 12.8. The van der Waals surface area contributed by atoms with Crippen molar-refractivity contribution in [2.75, 3.05) is 5.73 Å². The van der Waals surface area contributed by atoms with Gasteiger partial charge in [0.2, 0.25) is 11.9 Å². The lowest BCUT2D eigenvalue weighted by Crippen LogP contribution is -2.29. The number of benzene rings is 1. The van der Waals surface area contributed by atoms with Gasteiger partial charge < -0.3 is 15.8 Å². The Morgan fingerprint density at radius 1 is 1.19 bits per heavy atom. The second-order valence-corrected chi connectivity index (χ2v) is 7.59. The molecule has 32 heavy (non-hydrogen) atoms. The second kappa shape index (κ2) is 9.01. The van der Waals surface area contributed by atoms with E-state index in [2.05, 4.69) is 25.4 Å². The molecule has 164 valence electrons. The van der Waals surface area contributed by atoms with Gasteiger partial charge in [0.1, 0.15) is 12.4 Å². The highest BCUT2D eigenvalue weighted by molar-refractivity contribution is 5.79. The van der Waals surface area contributed by atoms with E-state index in [1.807, 2.05) is 63.2 Å². The van der Waals surface area contributed by atoms with E-state index in [1.165, 1.54) is 0 Å². The quantitative estimate of drug-likeness (QED) is 0.461. The third-order valence-electron chi connectivity index (χ3n) is 5.25. The number of pyridine rings is 1. The predicted octanol–water partition coefficient (Wildman–Crippen LogP) is 2.72. The number of anilines is 1. The lowest BCUT2D eigenvalue weighted by atomic mass is 10.1. The summed E-state index contributed by atoms with van der Waals surface area (Å²) in [6.07, 6.45) is 1.92. The molecule has 0 aliphatic heterocycles. The summed E-state index contributed by atoms with van der Waals surface area (Å²) in [4.78, 5) is 25.6. The molecule has 0 aliphatic rings. The molecule has 1 aromatic carbocycles. The molecular weight excluding hydrogens is 406 g/mol. The highest BCUT2D eigenvalue weighted by Crippen LogP contribution is 2.21. The third kappa shape index (κ3) is 4.66. The maximum absolute atomic E-state index is 12.8. The van der Waals surface area contributed by atoms with Crippen LogP contribution >= 0.6 is 0 Å². The van der Waals surface area contributed by atoms with E-state index in [9.17, 15) is 4.79 Å². The van der Waals surface area contributed by atoms with Crippen LogP contribution in [0.4, 0.5) is 5.95 Å². The monoisotopic (exact) mass is 431 g/mol. The van der Waals surface area contributed by atoms with Crippen LogP contribution in [0.1, 0.15) is 41.2 Å². The van der Waals surface area contributed by atoms with Gasteiger partial charge in [-0.2, -0.15) is 9.50 Å². The molecule has 1 amide bonds. The van der Waals surface area contributed by atoms with Crippen molar-refractivity contribution in [1.29, 1.82) is 0 Å². The lowest BCUT2D eigenvalue weighted by molar-refractivity contribution is -0.121. The van der Waals surface area contributed by atoms with Gasteiger partial charge in [-0.25, -0.2) is 4.98 Å². The van der Waals surface area contributed by atoms with Crippen molar-refractivity contribution in [2.45, 2.75) is 39.8 Å². The molecule has 9 nitrogen and oxygen atoms in total. The average Bonchev–Trinajstić information content (AvgIpc) is 3.16. The summed E-state index contributed by atoms with van der Waals surface area (Å²) in [6.45, 7) is 6.05. The van der Waals surface area contributed by atoms with E-state index in [4.69, 9.17) is 10.5 Å². The Bertz CT molecular complexity index is 1250. The predicted molar refractivity (Wildman–Crippen MR) is 120 cm³/mol. The Balaban J connectivity index is 1.42. The number of carbonyl (C=O) groups is 1. The van der Waals surface area contributed by atoms with Gasteiger partial charge in [0.15, 0.2) is 0 Å². The number of aryl methyl sites for hydroxylation is 2. The number of hydrogen-bond acceptors (Lipinski definition) is 7. The first-order valence-corrected chi connectivity index (χ1v) is 10.3. The van der Waals surface area contributed by atoms with Crippen LogP contribution in [0.25, 0.3) is 5.78 Å². The topological polar surface area (TPSA) is 120 Å². The number of nitrogens with one attached hydrogen (secondary N) is 1. The number of nitrogen functional groups attached to an aromatic ring is 1. The van der Waals surface area contributed by atoms with Crippen LogP contribution in [0.15, 0.2) is 48.7 Å². The summed E-state index contributed by atoms with van der Waals surface area (Å²) in [6, 6.07) is 13.2. The van der Waals surface area contributed by atoms with Crippen LogP contribution < -0.4 is 15.8 Å². The number of hydrogen-bond donors (Lipinski definition) is 2. The minimum absolute atomic E-state index is 0.113. The highest BCUT2D eigenvalue weighted by Gasteiger charge is 2.17. The summed E-state index contributed by atoms with van der Waals surface area (Å²) < 4.78 is 7.41. The van der Waals surface area contributed by atoms with E-state index in [0.717, 1.165) is 34.0 Å². The first-order chi connectivity index (χ1) is 15.4. The van der Waals surface area contributed by atoms with Crippen LogP contribution in [-0.4, -0.2) is 30.5 Å². The lowest BCUT2D eigenvalue weighted by Gasteiger charge is -2.17. The number of ether oxygens (including phenoxy) is 1. The molecule has 0 radical (unpaired) electrons. The molecule has 3 aromatic heterocycles. The smallest absolute Gasteiger partial charge is 0.254 e. The molecule has 9 heteroatoms. The number of nitrogens with zero attached hydrogens (tertiary/aromatic N) is 5. The Kier molecular flexibility index (Phi) is 5.98. The molecule has 0 spiro atoms. The van der Waals surface area contributed by atoms with Gasteiger partial charge in [-0.1, -0.05) is 18.2 Å². The Labute approximate surface area is 185 Å². The highest BCUT2D eigenvalue weighted by atomic mass is 16.5. The van der Waals surface area contributed by atoms with Crippen molar-refractivity contribution in [3.8, 4) is 5.75 Å². The molecular formula is C23H25N7O2. The zero-order valence-corrected chi connectivity index (χ0v) is 18.2. The van der Waals surface area contributed by atoms with Gasteiger partial charge in [-0.15, -0.1) is 5.10 Å². The number of amides is 1. The summed E-state index contributed by atoms with van der Waals surface area (Å²) in [5, 5.41) is 7.20. The van der Waals surface area contributed by atoms with E-state index in [1.54, 1.807) is 10.7 Å². The van der Waals surface area contributed by atoms with Crippen LogP contribution in [0.3, 0.4) is 0 Å². The minimum atomic E-state index is -0.194. The normalized spacial score (nSPS) is 12.0. The SMILES string of the molecule is Cc1nc2nc(N)nn2c(C)c1CC(=O)NC(C)c1cccc(OCc2ccccn2)c1. The van der Waals surface area contributed by atoms with Gasteiger partial charge in [-0.05, 0) is 50.6 Å². The van der Waals surface area contributed by atoms with Crippen LogP contribution in [0.5, 0.6) is 5.75 Å². The van der Waals surface area contributed by atoms with Gasteiger partial charge in [0.25, 0.3) is 5.78 Å². The fraction of sp³-hybridized carbons (Fsp3) is 0.261. The van der Waals surface area contributed by atoms with Crippen molar-refractivity contribution in [1.82, 2.24) is 29.9 Å². The Hall–Kier alpha value is -4.01. The molecule has 3 heterocycles. The molecule has 0 bridgehead atoms. The van der Waals surface area contributed by atoms with Crippen LogP contribution in [-0.2, 0) is 17.8 Å². The molecule has 4 aromatic rings. The maximum Gasteiger partial charge on any atom is 0.254 e. The minimum Gasteiger partial charge on any atom is -0.487 e. The van der Waals surface area contributed by atoms with Crippen molar-refractivity contribution < 1.29 is 9.53 Å². The fourth-order valence-corrected chi connectivity index (χ4v) is 3.53. The summed E-state index contributed by atoms with van der Waals surface area (Å²) in [7, 11) is 0. The Morgan fingerprint density at radius 3 is 2.81 bits per heavy atom. The number of rotatable bonds is 7. The van der Waals surface area contributed by atoms with Crippen LogP contribution in [0, 0.1) is 13.8 Å². The molecule has 1 atom stereocenters. The molecule has 0 saturated heterocycles. The summed E-state index contributed by atoms with van der Waals surface area (Å²) >= 11 is 0. The van der Waals surface area contributed by atoms with Gasteiger partial charge >= 0.3 is 0 Å². The molecule has 3 N–H and O–H groups in total. The zero-order valence-electron chi connectivity index (χ0n) is 18.2. The Morgan fingerprint density at radius 2 is 2.03 bits per heavy atom. The second-order valence-electron chi connectivity index (χ2n) is 7.59. The first kappa shape index (κ1) is 21.2.